The summed E-state index contributed by atoms with van der Waals surface area (Å²) < 4.78 is 24.4. The van der Waals surface area contributed by atoms with Crippen LogP contribution in [0.2, 0.25) is 0 Å². The van der Waals surface area contributed by atoms with Crippen LogP contribution >= 0.6 is 0 Å². The van der Waals surface area contributed by atoms with Crippen LogP contribution in [0.5, 0.6) is 0 Å². The lowest BCUT2D eigenvalue weighted by Gasteiger charge is -2.05. The van der Waals surface area contributed by atoms with Crippen LogP contribution in [0.4, 0.5) is 0 Å². The summed E-state index contributed by atoms with van der Waals surface area (Å²) in [7, 11) is -3.50. The molecule has 1 N–H and O–H groups in total. The van der Waals surface area contributed by atoms with Crippen molar-refractivity contribution in [2.45, 2.75) is 23.5 Å². The standard InChI is InChI=1S/C14H14N2O4S/c17-14(18)7-4-11-2-5-12(6-3-11)21(19,20)10-13-15-8-1-9-16-13/h1-3,5-6,8-9H,4,7,10H2,(H,17,18). The fourth-order valence-electron chi connectivity index (χ4n) is 1.77. The summed E-state index contributed by atoms with van der Waals surface area (Å²) in [5, 5.41) is 8.61. The molecule has 21 heavy (non-hydrogen) atoms. The summed E-state index contributed by atoms with van der Waals surface area (Å²) in [6, 6.07) is 7.83. The highest BCUT2D eigenvalue weighted by Crippen LogP contribution is 2.16. The molecule has 0 unspecified atom stereocenters. The van der Waals surface area contributed by atoms with Crippen molar-refractivity contribution in [1.82, 2.24) is 9.97 Å². The third-order valence-electron chi connectivity index (χ3n) is 2.85. The van der Waals surface area contributed by atoms with Gasteiger partial charge < -0.3 is 5.11 Å². The molecule has 0 saturated carbocycles. The molecule has 6 nitrogen and oxygen atoms in total. The summed E-state index contributed by atoms with van der Waals surface area (Å²) >= 11 is 0. The molecule has 1 aromatic carbocycles. The normalized spacial score (nSPS) is 11.2. The second kappa shape index (κ2) is 6.45. The van der Waals surface area contributed by atoms with E-state index in [1.54, 1.807) is 18.2 Å². The number of hydrogen-bond acceptors (Lipinski definition) is 5. The third-order valence-corrected chi connectivity index (χ3v) is 4.48. The van der Waals surface area contributed by atoms with Gasteiger partial charge in [-0.25, -0.2) is 18.4 Å². The number of sulfone groups is 1. The Morgan fingerprint density at radius 3 is 2.29 bits per heavy atom. The molecule has 0 aliphatic rings. The smallest absolute Gasteiger partial charge is 0.303 e. The average Bonchev–Trinajstić information content (AvgIpc) is 2.46. The lowest BCUT2D eigenvalue weighted by molar-refractivity contribution is -0.136. The van der Waals surface area contributed by atoms with E-state index < -0.39 is 15.8 Å². The second-order valence-electron chi connectivity index (χ2n) is 4.46. The minimum Gasteiger partial charge on any atom is -0.481 e. The van der Waals surface area contributed by atoms with Gasteiger partial charge in [-0.1, -0.05) is 12.1 Å². The van der Waals surface area contributed by atoms with E-state index in [1.165, 1.54) is 24.5 Å². The topological polar surface area (TPSA) is 97.2 Å². The zero-order valence-corrected chi connectivity index (χ0v) is 12.0. The van der Waals surface area contributed by atoms with E-state index in [2.05, 4.69) is 9.97 Å². The van der Waals surface area contributed by atoms with E-state index in [9.17, 15) is 13.2 Å². The minimum absolute atomic E-state index is 0.0178. The second-order valence-corrected chi connectivity index (χ2v) is 6.45. The van der Waals surface area contributed by atoms with Crippen molar-refractivity contribution >= 4 is 15.8 Å². The number of aliphatic carboxylic acids is 1. The molecule has 0 atom stereocenters. The van der Waals surface area contributed by atoms with Gasteiger partial charge in [0.1, 0.15) is 11.6 Å². The number of rotatable bonds is 6. The molecule has 0 amide bonds. The van der Waals surface area contributed by atoms with Gasteiger partial charge in [0, 0.05) is 18.8 Å². The molecular formula is C14H14N2O4S. The van der Waals surface area contributed by atoms with Gasteiger partial charge in [0.05, 0.1) is 4.90 Å². The van der Waals surface area contributed by atoms with Crippen LogP contribution in [-0.2, 0) is 26.8 Å². The largest absolute Gasteiger partial charge is 0.481 e. The fraction of sp³-hybridized carbons (Fsp3) is 0.214. The monoisotopic (exact) mass is 306 g/mol. The van der Waals surface area contributed by atoms with Crippen LogP contribution < -0.4 is 0 Å². The molecule has 0 radical (unpaired) electrons. The van der Waals surface area contributed by atoms with Gasteiger partial charge in [0.25, 0.3) is 0 Å². The molecule has 0 fully saturated rings. The van der Waals surface area contributed by atoms with Gasteiger partial charge in [-0.3, -0.25) is 4.79 Å². The van der Waals surface area contributed by atoms with E-state index in [0.29, 0.717) is 6.42 Å². The Labute approximate surface area is 122 Å². The first kappa shape index (κ1) is 15.1. The van der Waals surface area contributed by atoms with Crippen molar-refractivity contribution < 1.29 is 18.3 Å². The molecule has 0 bridgehead atoms. The molecular weight excluding hydrogens is 292 g/mol. The van der Waals surface area contributed by atoms with Crippen LogP contribution in [-0.4, -0.2) is 29.5 Å². The van der Waals surface area contributed by atoms with E-state index in [0.717, 1.165) is 5.56 Å². The Morgan fingerprint density at radius 2 is 1.71 bits per heavy atom. The van der Waals surface area contributed by atoms with Gasteiger partial charge >= 0.3 is 5.97 Å². The average molecular weight is 306 g/mol. The zero-order valence-electron chi connectivity index (χ0n) is 11.1. The van der Waals surface area contributed by atoms with Crippen molar-refractivity contribution in [3.05, 3.63) is 54.1 Å². The van der Waals surface area contributed by atoms with Gasteiger partial charge in [0.2, 0.25) is 0 Å². The number of aromatic nitrogens is 2. The number of aryl methyl sites for hydroxylation is 1. The van der Waals surface area contributed by atoms with Crippen LogP contribution in [0.25, 0.3) is 0 Å². The van der Waals surface area contributed by atoms with E-state index in [4.69, 9.17) is 5.11 Å². The molecule has 0 aliphatic heterocycles. The van der Waals surface area contributed by atoms with Gasteiger partial charge in [-0.2, -0.15) is 0 Å². The first-order chi connectivity index (χ1) is 9.97. The maximum atomic E-state index is 12.2. The predicted octanol–water partition coefficient (Wildman–Crippen LogP) is 1.47. The first-order valence-electron chi connectivity index (χ1n) is 6.27. The van der Waals surface area contributed by atoms with Crippen LogP contribution in [0.1, 0.15) is 17.8 Å². The highest BCUT2D eigenvalue weighted by atomic mass is 32.2. The quantitative estimate of drug-likeness (QED) is 0.868. The van der Waals surface area contributed by atoms with Crippen molar-refractivity contribution in [3.8, 4) is 0 Å². The molecule has 0 saturated heterocycles. The SMILES string of the molecule is O=C(O)CCc1ccc(S(=O)(=O)Cc2ncccn2)cc1. The lowest BCUT2D eigenvalue weighted by Crippen LogP contribution is -2.08. The Bertz CT molecular complexity index is 712. The Morgan fingerprint density at radius 1 is 1.10 bits per heavy atom. The number of carbonyl (C=O) groups is 1. The van der Waals surface area contributed by atoms with Crippen molar-refractivity contribution in [1.29, 1.82) is 0 Å². The summed E-state index contributed by atoms with van der Waals surface area (Å²) in [6.45, 7) is 0. The lowest BCUT2D eigenvalue weighted by atomic mass is 10.1. The summed E-state index contributed by atoms with van der Waals surface area (Å²) in [5.74, 6) is -0.900. The third kappa shape index (κ3) is 4.35. The highest BCUT2D eigenvalue weighted by molar-refractivity contribution is 7.90. The van der Waals surface area contributed by atoms with E-state index in [-0.39, 0.29) is 22.9 Å². The Hall–Kier alpha value is -2.28. The molecule has 0 aliphatic carbocycles. The number of benzene rings is 1. The Kier molecular flexibility index (Phi) is 4.64. The summed E-state index contributed by atoms with van der Waals surface area (Å²) in [4.78, 5) is 18.5. The minimum atomic E-state index is -3.50. The zero-order chi connectivity index (χ0) is 15.3. The van der Waals surface area contributed by atoms with Gasteiger partial charge in [-0.05, 0) is 30.2 Å². The van der Waals surface area contributed by atoms with E-state index in [1.807, 2.05) is 0 Å². The maximum Gasteiger partial charge on any atom is 0.303 e. The molecule has 110 valence electrons. The fourth-order valence-corrected chi connectivity index (χ4v) is 2.98. The number of nitrogens with zero attached hydrogens (tertiary/aromatic N) is 2. The van der Waals surface area contributed by atoms with Crippen molar-refractivity contribution in [3.63, 3.8) is 0 Å². The highest BCUT2D eigenvalue weighted by Gasteiger charge is 2.16. The number of carboxylic acid groups (broad SMARTS) is 1. The number of hydrogen-bond donors (Lipinski definition) is 1. The van der Waals surface area contributed by atoms with Crippen molar-refractivity contribution in [2.24, 2.45) is 0 Å². The van der Waals surface area contributed by atoms with Crippen molar-refractivity contribution in [2.75, 3.05) is 0 Å². The van der Waals surface area contributed by atoms with Gasteiger partial charge in [0.15, 0.2) is 9.84 Å². The summed E-state index contributed by atoms with van der Waals surface area (Å²) in [5.41, 5.74) is 0.785. The van der Waals surface area contributed by atoms with E-state index >= 15 is 0 Å². The molecule has 2 rings (SSSR count). The van der Waals surface area contributed by atoms with Crippen LogP contribution in [0.3, 0.4) is 0 Å². The number of carboxylic acids is 1. The molecule has 2 aromatic rings. The van der Waals surface area contributed by atoms with Crippen LogP contribution in [0, 0.1) is 0 Å². The maximum absolute atomic E-state index is 12.2. The molecule has 1 aromatic heterocycles. The molecule has 0 spiro atoms. The van der Waals surface area contributed by atoms with Crippen LogP contribution in [0.15, 0.2) is 47.6 Å². The summed E-state index contributed by atoms with van der Waals surface area (Å²) in [6.07, 6.45) is 3.38. The van der Waals surface area contributed by atoms with Gasteiger partial charge in [-0.15, -0.1) is 0 Å². The predicted molar refractivity (Wildman–Crippen MR) is 75.3 cm³/mol. The molecule has 7 heteroatoms. The molecule has 1 heterocycles. The Balaban J connectivity index is 2.12. The first-order valence-corrected chi connectivity index (χ1v) is 7.92.